The smallest absolute Gasteiger partial charge is 0.0232 e. The first-order valence-corrected chi connectivity index (χ1v) is 8.15. The first kappa shape index (κ1) is 14.3. The minimum Gasteiger partial charge on any atom is -0.301 e. The summed E-state index contributed by atoms with van der Waals surface area (Å²) in [4.78, 5) is 2.60. The molecule has 1 aliphatic carbocycles. The summed E-state index contributed by atoms with van der Waals surface area (Å²) in [6.07, 6.45) is 2.48. The van der Waals surface area contributed by atoms with Gasteiger partial charge in [0.25, 0.3) is 0 Å². The van der Waals surface area contributed by atoms with Crippen LogP contribution in [0, 0.1) is 0 Å². The molecule has 1 saturated carbocycles. The molecule has 3 rings (SSSR count). The van der Waals surface area contributed by atoms with Gasteiger partial charge in [0.2, 0.25) is 0 Å². The van der Waals surface area contributed by atoms with Gasteiger partial charge in [-0.15, -0.1) is 0 Å². The van der Waals surface area contributed by atoms with E-state index < -0.39 is 0 Å². The highest BCUT2D eigenvalue weighted by Gasteiger charge is 2.48. The highest BCUT2D eigenvalue weighted by molar-refractivity contribution is 5.43. The Morgan fingerprint density at radius 2 is 1.24 bits per heavy atom. The second-order valence-electron chi connectivity index (χ2n) is 6.10. The standard InChI is InChI=1S/C20H25N/c1-3-21(4-2)19-15-20(16-19,17-11-7-5-8-12-17)18-13-9-6-10-14-18/h5-14,19H,3-4,15-16H2,1-2H3. The maximum Gasteiger partial charge on any atom is 0.0232 e. The first-order valence-electron chi connectivity index (χ1n) is 8.15. The van der Waals surface area contributed by atoms with E-state index in [1.54, 1.807) is 0 Å². The molecule has 0 saturated heterocycles. The van der Waals surface area contributed by atoms with E-state index in [2.05, 4.69) is 79.4 Å². The van der Waals surface area contributed by atoms with Crippen LogP contribution in [0.1, 0.15) is 37.8 Å². The lowest BCUT2D eigenvalue weighted by Crippen LogP contribution is -2.53. The Balaban J connectivity index is 1.93. The molecule has 1 aliphatic rings. The highest BCUT2D eigenvalue weighted by Crippen LogP contribution is 2.50. The average molecular weight is 279 g/mol. The summed E-state index contributed by atoms with van der Waals surface area (Å²) >= 11 is 0. The Hall–Kier alpha value is -1.60. The summed E-state index contributed by atoms with van der Waals surface area (Å²) in [6, 6.07) is 22.8. The predicted octanol–water partition coefficient (Wildman–Crippen LogP) is 4.48. The van der Waals surface area contributed by atoms with Gasteiger partial charge in [-0.3, -0.25) is 0 Å². The lowest BCUT2D eigenvalue weighted by molar-refractivity contribution is 0.0817. The van der Waals surface area contributed by atoms with Gasteiger partial charge in [-0.1, -0.05) is 74.5 Å². The predicted molar refractivity (Wildman–Crippen MR) is 89.6 cm³/mol. The molecular weight excluding hydrogens is 254 g/mol. The minimum absolute atomic E-state index is 0.218. The van der Waals surface area contributed by atoms with Crippen molar-refractivity contribution in [2.45, 2.75) is 38.1 Å². The molecular formula is C20H25N. The van der Waals surface area contributed by atoms with Crippen LogP contribution in [0.15, 0.2) is 60.7 Å². The van der Waals surface area contributed by atoms with Gasteiger partial charge in [-0.25, -0.2) is 0 Å². The van der Waals surface area contributed by atoms with Crippen LogP contribution in [0.3, 0.4) is 0 Å². The molecule has 0 bridgehead atoms. The molecule has 0 aliphatic heterocycles. The Bertz CT molecular complexity index is 509. The molecule has 1 heteroatoms. The summed E-state index contributed by atoms with van der Waals surface area (Å²) < 4.78 is 0. The molecule has 0 radical (unpaired) electrons. The van der Waals surface area contributed by atoms with Crippen LogP contribution in [-0.4, -0.2) is 24.0 Å². The fourth-order valence-electron chi connectivity index (χ4n) is 3.90. The van der Waals surface area contributed by atoms with Gasteiger partial charge >= 0.3 is 0 Å². The van der Waals surface area contributed by atoms with E-state index in [0.717, 1.165) is 19.1 Å². The van der Waals surface area contributed by atoms with Crippen molar-refractivity contribution in [3.63, 3.8) is 0 Å². The highest BCUT2D eigenvalue weighted by atomic mass is 15.2. The van der Waals surface area contributed by atoms with Crippen LogP contribution >= 0.6 is 0 Å². The van der Waals surface area contributed by atoms with Crippen molar-refractivity contribution in [2.24, 2.45) is 0 Å². The largest absolute Gasteiger partial charge is 0.301 e. The van der Waals surface area contributed by atoms with Crippen LogP contribution < -0.4 is 0 Å². The molecule has 2 aromatic carbocycles. The van der Waals surface area contributed by atoms with E-state index in [0.29, 0.717) is 0 Å². The fraction of sp³-hybridized carbons (Fsp3) is 0.400. The Kier molecular flexibility index (Phi) is 4.12. The van der Waals surface area contributed by atoms with Crippen molar-refractivity contribution in [3.05, 3.63) is 71.8 Å². The van der Waals surface area contributed by atoms with Crippen LogP contribution in [0.4, 0.5) is 0 Å². The fourth-order valence-corrected chi connectivity index (χ4v) is 3.90. The monoisotopic (exact) mass is 279 g/mol. The summed E-state index contributed by atoms with van der Waals surface area (Å²) in [5, 5.41) is 0. The maximum absolute atomic E-state index is 2.60. The number of benzene rings is 2. The quantitative estimate of drug-likeness (QED) is 0.780. The van der Waals surface area contributed by atoms with Crippen LogP contribution in [0.5, 0.6) is 0 Å². The zero-order chi connectivity index (χ0) is 14.7. The third-order valence-electron chi connectivity index (χ3n) is 5.15. The van der Waals surface area contributed by atoms with E-state index in [-0.39, 0.29) is 5.41 Å². The van der Waals surface area contributed by atoms with Crippen molar-refractivity contribution >= 4 is 0 Å². The van der Waals surface area contributed by atoms with E-state index >= 15 is 0 Å². The van der Waals surface area contributed by atoms with E-state index in [4.69, 9.17) is 0 Å². The normalized spacial score (nSPS) is 17.7. The van der Waals surface area contributed by atoms with E-state index in [1.807, 2.05) is 0 Å². The van der Waals surface area contributed by atoms with E-state index in [9.17, 15) is 0 Å². The molecule has 21 heavy (non-hydrogen) atoms. The molecule has 0 unspecified atom stereocenters. The van der Waals surface area contributed by atoms with Crippen molar-refractivity contribution < 1.29 is 0 Å². The Morgan fingerprint density at radius 1 is 0.810 bits per heavy atom. The molecule has 1 fully saturated rings. The molecule has 110 valence electrons. The second-order valence-corrected chi connectivity index (χ2v) is 6.10. The lowest BCUT2D eigenvalue weighted by atomic mass is 9.57. The summed E-state index contributed by atoms with van der Waals surface area (Å²) in [6.45, 7) is 6.85. The minimum atomic E-state index is 0.218. The van der Waals surface area contributed by atoms with Crippen LogP contribution in [0.25, 0.3) is 0 Å². The summed E-state index contributed by atoms with van der Waals surface area (Å²) in [5.41, 5.74) is 3.16. The average Bonchev–Trinajstić information content (AvgIpc) is 2.52. The summed E-state index contributed by atoms with van der Waals surface area (Å²) in [7, 11) is 0. The van der Waals surface area contributed by atoms with Gasteiger partial charge in [-0.2, -0.15) is 0 Å². The molecule has 0 atom stereocenters. The number of hydrogen-bond donors (Lipinski definition) is 0. The van der Waals surface area contributed by atoms with Gasteiger partial charge in [-0.05, 0) is 37.1 Å². The van der Waals surface area contributed by atoms with Crippen molar-refractivity contribution in [1.82, 2.24) is 4.90 Å². The van der Waals surface area contributed by atoms with Crippen LogP contribution in [-0.2, 0) is 5.41 Å². The molecule has 0 spiro atoms. The Morgan fingerprint density at radius 3 is 1.62 bits per heavy atom. The molecule has 0 amide bonds. The van der Waals surface area contributed by atoms with Crippen molar-refractivity contribution in [1.29, 1.82) is 0 Å². The molecule has 2 aromatic rings. The van der Waals surface area contributed by atoms with Gasteiger partial charge < -0.3 is 4.90 Å². The number of nitrogens with zero attached hydrogens (tertiary/aromatic N) is 1. The topological polar surface area (TPSA) is 3.24 Å². The third-order valence-corrected chi connectivity index (χ3v) is 5.15. The second kappa shape index (κ2) is 6.03. The van der Waals surface area contributed by atoms with Crippen molar-refractivity contribution in [3.8, 4) is 0 Å². The zero-order valence-electron chi connectivity index (χ0n) is 13.1. The maximum atomic E-state index is 2.60. The van der Waals surface area contributed by atoms with Crippen LogP contribution in [0.2, 0.25) is 0 Å². The lowest BCUT2D eigenvalue weighted by Gasteiger charge is -2.52. The zero-order valence-corrected chi connectivity index (χ0v) is 13.1. The SMILES string of the molecule is CCN(CC)C1CC(c2ccccc2)(c2ccccc2)C1. The molecule has 0 N–H and O–H groups in total. The number of rotatable bonds is 5. The van der Waals surface area contributed by atoms with Gasteiger partial charge in [0.15, 0.2) is 0 Å². The summed E-state index contributed by atoms with van der Waals surface area (Å²) in [5.74, 6) is 0. The molecule has 0 aromatic heterocycles. The van der Waals surface area contributed by atoms with Gasteiger partial charge in [0.1, 0.15) is 0 Å². The third kappa shape index (κ3) is 2.51. The van der Waals surface area contributed by atoms with Crippen molar-refractivity contribution in [2.75, 3.05) is 13.1 Å². The molecule has 1 nitrogen and oxygen atoms in total. The van der Waals surface area contributed by atoms with E-state index in [1.165, 1.54) is 24.0 Å². The molecule has 0 heterocycles. The van der Waals surface area contributed by atoms with Gasteiger partial charge in [0, 0.05) is 11.5 Å². The Labute approximate surface area is 128 Å². The first-order chi connectivity index (χ1) is 10.3. The van der Waals surface area contributed by atoms with Gasteiger partial charge in [0.05, 0.1) is 0 Å². The number of hydrogen-bond acceptors (Lipinski definition) is 1.